The van der Waals surface area contributed by atoms with Crippen LogP contribution in [0, 0.1) is 11.7 Å². The quantitative estimate of drug-likeness (QED) is 0.296. The van der Waals surface area contributed by atoms with Crippen molar-refractivity contribution in [2.45, 2.75) is 25.1 Å². The predicted molar refractivity (Wildman–Crippen MR) is 135 cm³/mol. The number of ether oxygens (including phenoxy) is 2. The molecule has 2 fully saturated rings. The number of rotatable bonds is 8. The molecule has 17 heteroatoms. The number of pyridine rings is 1. The Kier molecular flexibility index (Phi) is 10.0. The van der Waals surface area contributed by atoms with Crippen LogP contribution in [0.3, 0.4) is 0 Å². The van der Waals surface area contributed by atoms with E-state index in [9.17, 15) is 36.7 Å². The molecular weight excluding hydrogens is 574 g/mol. The SMILES string of the molecule is NCC(=O)OCC1CC(=O)N(c2ccc(-c3ccc(N4C[C@H](CC(N)=O)OC4=O)cc3F)cn2)C1.O=C(O)C(F)(F)F. The smallest absolute Gasteiger partial charge is 0.475 e. The second kappa shape index (κ2) is 13.2. The number of amides is 3. The lowest BCUT2D eigenvalue weighted by molar-refractivity contribution is -0.192. The predicted octanol–water partition coefficient (Wildman–Crippen LogP) is 1.58. The first-order valence-corrected chi connectivity index (χ1v) is 12.2. The van der Waals surface area contributed by atoms with Gasteiger partial charge in [-0.25, -0.2) is 19.0 Å². The molecule has 1 aromatic carbocycles. The molecular formula is C25H25F4N5O8. The van der Waals surface area contributed by atoms with Gasteiger partial charge in [0.25, 0.3) is 0 Å². The third-order valence-electron chi connectivity index (χ3n) is 6.00. The zero-order chi connectivity index (χ0) is 31.2. The molecule has 0 aliphatic carbocycles. The molecule has 13 nitrogen and oxygen atoms in total. The minimum atomic E-state index is -5.08. The average molecular weight is 599 g/mol. The topological polar surface area (TPSA) is 195 Å². The molecule has 5 N–H and O–H groups in total. The van der Waals surface area contributed by atoms with Crippen LogP contribution in [0.2, 0.25) is 0 Å². The van der Waals surface area contributed by atoms with E-state index in [0.717, 1.165) is 0 Å². The van der Waals surface area contributed by atoms with E-state index in [2.05, 4.69) is 4.98 Å². The van der Waals surface area contributed by atoms with Gasteiger partial charge in [-0.15, -0.1) is 0 Å². The Bertz CT molecular complexity index is 1360. The highest BCUT2D eigenvalue weighted by Crippen LogP contribution is 2.31. The van der Waals surface area contributed by atoms with Crippen molar-refractivity contribution in [3.63, 3.8) is 0 Å². The normalized spacial score (nSPS) is 18.3. The molecule has 3 heterocycles. The zero-order valence-electron chi connectivity index (χ0n) is 21.7. The first-order chi connectivity index (χ1) is 19.7. The monoisotopic (exact) mass is 599 g/mol. The molecule has 0 spiro atoms. The Morgan fingerprint density at radius 1 is 1.12 bits per heavy atom. The summed E-state index contributed by atoms with van der Waals surface area (Å²) in [5.41, 5.74) is 11.4. The highest BCUT2D eigenvalue weighted by molar-refractivity contribution is 5.95. The first-order valence-electron chi connectivity index (χ1n) is 12.2. The average Bonchev–Trinajstić information content (AvgIpc) is 3.48. The van der Waals surface area contributed by atoms with Crippen LogP contribution in [-0.2, 0) is 28.7 Å². The van der Waals surface area contributed by atoms with Crippen molar-refractivity contribution in [2.75, 3.05) is 36.0 Å². The van der Waals surface area contributed by atoms with Gasteiger partial charge in [0, 0.05) is 36.2 Å². The maximum absolute atomic E-state index is 14.9. The van der Waals surface area contributed by atoms with Gasteiger partial charge in [0.1, 0.15) is 17.7 Å². The van der Waals surface area contributed by atoms with Crippen LogP contribution in [0.15, 0.2) is 36.5 Å². The van der Waals surface area contributed by atoms with Gasteiger partial charge >= 0.3 is 24.2 Å². The molecule has 4 rings (SSSR count). The zero-order valence-corrected chi connectivity index (χ0v) is 21.7. The maximum Gasteiger partial charge on any atom is 0.490 e. The molecule has 3 amide bonds. The van der Waals surface area contributed by atoms with E-state index < -0.39 is 42.0 Å². The maximum atomic E-state index is 14.9. The summed E-state index contributed by atoms with van der Waals surface area (Å²) in [5, 5.41) is 7.12. The van der Waals surface area contributed by atoms with Crippen LogP contribution in [0.25, 0.3) is 11.1 Å². The van der Waals surface area contributed by atoms with Crippen LogP contribution < -0.4 is 21.3 Å². The largest absolute Gasteiger partial charge is 0.490 e. The van der Waals surface area contributed by atoms with E-state index in [1.54, 1.807) is 18.2 Å². The minimum absolute atomic E-state index is 0.0904. The standard InChI is InChI=1S/C23H24FN5O6.C2HF3O2/c24-18-6-15(28-11-16(7-19(26)30)35-23(28)33)2-3-17(18)14-1-4-20(27-9-14)29-10-13(5-21(29)31)12-34-22(32)8-25;3-2(4,5)1(6)7/h1-4,6,9,13,16H,5,7-8,10-12,25H2,(H2,26,30);(H,6,7)/t13?,16-;/m0./s1. The molecule has 226 valence electrons. The number of benzene rings is 1. The number of esters is 1. The number of hydrogen-bond acceptors (Lipinski definition) is 9. The summed E-state index contributed by atoms with van der Waals surface area (Å²) in [6.07, 6.45) is -4.88. The second-order valence-corrected chi connectivity index (χ2v) is 9.12. The van der Waals surface area contributed by atoms with E-state index in [1.807, 2.05) is 0 Å². The van der Waals surface area contributed by atoms with Crippen LogP contribution in [0.1, 0.15) is 12.8 Å². The van der Waals surface area contributed by atoms with Crippen LogP contribution in [0.5, 0.6) is 0 Å². The summed E-state index contributed by atoms with van der Waals surface area (Å²) >= 11 is 0. The van der Waals surface area contributed by atoms with Gasteiger partial charge < -0.3 is 26.0 Å². The molecule has 2 aliphatic rings. The van der Waals surface area contributed by atoms with Gasteiger partial charge in [-0.05, 0) is 30.3 Å². The number of aliphatic carboxylic acids is 1. The summed E-state index contributed by atoms with van der Waals surface area (Å²) in [7, 11) is 0. The summed E-state index contributed by atoms with van der Waals surface area (Å²) in [6, 6.07) is 7.54. The fourth-order valence-electron chi connectivity index (χ4n) is 4.06. The molecule has 2 atom stereocenters. The fourth-order valence-corrected chi connectivity index (χ4v) is 4.06. The first kappa shape index (κ1) is 31.7. The number of carboxylic acids is 1. The third-order valence-corrected chi connectivity index (χ3v) is 6.00. The summed E-state index contributed by atoms with van der Waals surface area (Å²) in [4.78, 5) is 62.7. The number of carboxylic acid groups (broad SMARTS) is 1. The molecule has 2 saturated heterocycles. The Labute approximate surface area is 235 Å². The van der Waals surface area contributed by atoms with Crippen molar-refractivity contribution in [1.29, 1.82) is 0 Å². The van der Waals surface area contributed by atoms with Crippen molar-refractivity contribution >= 4 is 41.4 Å². The summed E-state index contributed by atoms with van der Waals surface area (Å²) in [6.45, 7) is 0.312. The molecule has 42 heavy (non-hydrogen) atoms. The number of nitrogens with two attached hydrogens (primary N) is 2. The van der Waals surface area contributed by atoms with Crippen LogP contribution in [0.4, 0.5) is 33.9 Å². The molecule has 2 aromatic rings. The molecule has 0 radical (unpaired) electrons. The molecule has 2 aliphatic heterocycles. The second-order valence-electron chi connectivity index (χ2n) is 9.12. The lowest BCUT2D eigenvalue weighted by Crippen LogP contribution is -2.26. The van der Waals surface area contributed by atoms with E-state index in [1.165, 1.54) is 28.1 Å². The lowest BCUT2D eigenvalue weighted by Gasteiger charge is -2.17. The number of hydrogen-bond donors (Lipinski definition) is 3. The van der Waals surface area contributed by atoms with Gasteiger partial charge in [-0.1, -0.05) is 0 Å². The van der Waals surface area contributed by atoms with Crippen molar-refractivity contribution in [2.24, 2.45) is 17.4 Å². The Morgan fingerprint density at radius 3 is 2.36 bits per heavy atom. The van der Waals surface area contributed by atoms with Gasteiger partial charge in [0.15, 0.2) is 0 Å². The summed E-state index contributed by atoms with van der Waals surface area (Å²) in [5.74, 6) is -4.37. The number of halogens is 4. The lowest BCUT2D eigenvalue weighted by atomic mass is 10.1. The Balaban J connectivity index is 0.000000616. The minimum Gasteiger partial charge on any atom is -0.475 e. The van der Waals surface area contributed by atoms with Gasteiger partial charge in [-0.2, -0.15) is 13.2 Å². The fraction of sp³-hybridized carbons (Fsp3) is 0.360. The third kappa shape index (κ3) is 8.12. The molecule has 0 saturated carbocycles. The summed E-state index contributed by atoms with van der Waals surface area (Å²) < 4.78 is 56.8. The highest BCUT2D eigenvalue weighted by Gasteiger charge is 2.38. The van der Waals surface area contributed by atoms with Gasteiger partial charge in [0.05, 0.1) is 31.8 Å². The van der Waals surface area contributed by atoms with E-state index in [0.29, 0.717) is 17.9 Å². The van der Waals surface area contributed by atoms with Crippen LogP contribution in [-0.4, -0.2) is 78.5 Å². The molecule has 1 aromatic heterocycles. The van der Waals surface area contributed by atoms with Crippen molar-refractivity contribution in [3.8, 4) is 11.1 Å². The Hall–Kier alpha value is -4.80. The Morgan fingerprint density at radius 2 is 1.81 bits per heavy atom. The van der Waals surface area contributed by atoms with Crippen molar-refractivity contribution in [1.82, 2.24) is 4.98 Å². The number of cyclic esters (lactones) is 1. The number of nitrogens with zero attached hydrogens (tertiary/aromatic N) is 3. The number of carbonyl (C=O) groups excluding carboxylic acids is 4. The number of anilines is 2. The number of aromatic nitrogens is 1. The van der Waals surface area contributed by atoms with Gasteiger partial charge in [0.2, 0.25) is 11.8 Å². The molecule has 1 unspecified atom stereocenters. The molecule has 0 bridgehead atoms. The van der Waals surface area contributed by atoms with Crippen molar-refractivity contribution in [3.05, 3.63) is 42.3 Å². The number of alkyl halides is 3. The number of primary amides is 1. The van der Waals surface area contributed by atoms with Crippen molar-refractivity contribution < 1.29 is 56.1 Å². The van der Waals surface area contributed by atoms with E-state index in [4.69, 9.17) is 30.8 Å². The van der Waals surface area contributed by atoms with E-state index in [-0.39, 0.29) is 55.6 Å². The number of carbonyl (C=O) groups is 5. The highest BCUT2D eigenvalue weighted by atomic mass is 19.4. The van der Waals surface area contributed by atoms with Crippen LogP contribution >= 0.6 is 0 Å². The van der Waals surface area contributed by atoms with E-state index >= 15 is 0 Å². The van der Waals surface area contributed by atoms with Gasteiger partial charge in [-0.3, -0.25) is 24.2 Å².